The van der Waals surface area contributed by atoms with Gasteiger partial charge in [-0.15, -0.1) is 0 Å². The smallest absolute Gasteiger partial charge is 0.317 e. The molecule has 1 N–H and O–H groups in total. The Balaban J connectivity index is 1.35. The number of nitrogens with one attached hydrogen (secondary N) is 1. The molecule has 3 heterocycles. The molecule has 2 saturated heterocycles. The molecule has 2 unspecified atom stereocenters. The summed E-state index contributed by atoms with van der Waals surface area (Å²) < 4.78 is 21.9. The predicted molar refractivity (Wildman–Crippen MR) is 107 cm³/mol. The lowest BCUT2D eigenvalue weighted by Gasteiger charge is -2.37. The SMILES string of the molecule is CCN(Cc1ccc2c(c1)OCO2)C(=O)NCC(C1CCOC1)N1CCOCC1. The van der Waals surface area contributed by atoms with Crippen LogP contribution in [0.3, 0.4) is 0 Å². The molecule has 2 amide bonds. The highest BCUT2D eigenvalue weighted by Crippen LogP contribution is 2.32. The molecule has 29 heavy (non-hydrogen) atoms. The number of fused-ring (bicyclic) bond motifs is 1. The summed E-state index contributed by atoms with van der Waals surface area (Å²) in [6.45, 7) is 8.95. The van der Waals surface area contributed by atoms with Gasteiger partial charge in [0.1, 0.15) is 0 Å². The Morgan fingerprint density at radius 1 is 1.21 bits per heavy atom. The molecule has 0 aromatic heterocycles. The lowest BCUT2D eigenvalue weighted by molar-refractivity contribution is 0.00186. The number of nitrogens with zero attached hydrogens (tertiary/aromatic N) is 2. The van der Waals surface area contributed by atoms with E-state index in [4.69, 9.17) is 18.9 Å². The molecule has 0 bridgehead atoms. The highest BCUT2D eigenvalue weighted by Gasteiger charge is 2.32. The maximum Gasteiger partial charge on any atom is 0.317 e. The molecule has 3 aliphatic rings. The number of carbonyl (C=O) groups is 1. The van der Waals surface area contributed by atoms with Gasteiger partial charge < -0.3 is 29.2 Å². The summed E-state index contributed by atoms with van der Waals surface area (Å²) in [6.07, 6.45) is 1.05. The van der Waals surface area contributed by atoms with Crippen molar-refractivity contribution in [1.29, 1.82) is 0 Å². The fraction of sp³-hybridized carbons (Fsp3) is 0.667. The monoisotopic (exact) mass is 405 g/mol. The van der Waals surface area contributed by atoms with Crippen LogP contribution in [0.25, 0.3) is 0 Å². The fourth-order valence-corrected chi connectivity index (χ4v) is 4.25. The Bertz CT molecular complexity index is 689. The van der Waals surface area contributed by atoms with Crippen LogP contribution in [0.4, 0.5) is 4.79 Å². The molecule has 0 radical (unpaired) electrons. The van der Waals surface area contributed by atoms with Gasteiger partial charge in [-0.1, -0.05) is 6.07 Å². The predicted octanol–water partition coefficient (Wildman–Crippen LogP) is 1.68. The van der Waals surface area contributed by atoms with E-state index in [1.54, 1.807) is 0 Å². The number of hydrogen-bond acceptors (Lipinski definition) is 6. The van der Waals surface area contributed by atoms with Crippen molar-refractivity contribution in [3.63, 3.8) is 0 Å². The number of benzene rings is 1. The zero-order valence-corrected chi connectivity index (χ0v) is 17.1. The van der Waals surface area contributed by atoms with Gasteiger partial charge in [-0.3, -0.25) is 4.90 Å². The fourth-order valence-electron chi connectivity index (χ4n) is 4.25. The number of rotatable bonds is 7. The second-order valence-corrected chi connectivity index (χ2v) is 7.73. The molecule has 1 aromatic carbocycles. The third-order valence-corrected chi connectivity index (χ3v) is 5.97. The van der Waals surface area contributed by atoms with E-state index in [2.05, 4.69) is 10.2 Å². The average Bonchev–Trinajstić information content (AvgIpc) is 3.44. The van der Waals surface area contributed by atoms with Crippen LogP contribution in [0.5, 0.6) is 11.5 Å². The van der Waals surface area contributed by atoms with E-state index in [9.17, 15) is 4.79 Å². The Morgan fingerprint density at radius 2 is 2.03 bits per heavy atom. The van der Waals surface area contributed by atoms with Gasteiger partial charge in [0.05, 0.1) is 19.8 Å². The maximum atomic E-state index is 12.9. The van der Waals surface area contributed by atoms with E-state index >= 15 is 0 Å². The van der Waals surface area contributed by atoms with Crippen molar-refractivity contribution < 1.29 is 23.7 Å². The summed E-state index contributed by atoms with van der Waals surface area (Å²) >= 11 is 0. The Morgan fingerprint density at radius 3 is 2.79 bits per heavy atom. The third kappa shape index (κ3) is 4.94. The molecule has 3 aliphatic heterocycles. The number of hydrogen-bond donors (Lipinski definition) is 1. The number of urea groups is 1. The van der Waals surface area contributed by atoms with Crippen LogP contribution in [-0.4, -0.2) is 81.3 Å². The molecule has 0 aliphatic carbocycles. The third-order valence-electron chi connectivity index (χ3n) is 5.97. The van der Waals surface area contributed by atoms with Crippen molar-refractivity contribution >= 4 is 6.03 Å². The van der Waals surface area contributed by atoms with Crippen molar-refractivity contribution in [1.82, 2.24) is 15.1 Å². The first-order valence-electron chi connectivity index (χ1n) is 10.6. The van der Waals surface area contributed by atoms with E-state index in [1.165, 1.54) is 0 Å². The second-order valence-electron chi connectivity index (χ2n) is 7.73. The van der Waals surface area contributed by atoms with Crippen molar-refractivity contribution in [3.8, 4) is 11.5 Å². The average molecular weight is 405 g/mol. The quantitative estimate of drug-likeness (QED) is 0.744. The molecular weight excluding hydrogens is 374 g/mol. The molecule has 2 atom stereocenters. The first kappa shape index (κ1) is 20.3. The van der Waals surface area contributed by atoms with E-state index in [0.29, 0.717) is 25.6 Å². The van der Waals surface area contributed by atoms with Crippen molar-refractivity contribution in [2.24, 2.45) is 5.92 Å². The summed E-state index contributed by atoms with van der Waals surface area (Å²) in [7, 11) is 0. The van der Waals surface area contributed by atoms with Gasteiger partial charge in [0, 0.05) is 51.3 Å². The number of morpholine rings is 1. The largest absolute Gasteiger partial charge is 0.454 e. The maximum absolute atomic E-state index is 12.9. The van der Waals surface area contributed by atoms with E-state index < -0.39 is 0 Å². The molecule has 2 fully saturated rings. The molecule has 8 heteroatoms. The molecule has 160 valence electrons. The van der Waals surface area contributed by atoms with Gasteiger partial charge in [-0.25, -0.2) is 4.79 Å². The van der Waals surface area contributed by atoms with Crippen molar-refractivity contribution in [2.75, 3.05) is 59.4 Å². The Kier molecular flexibility index (Phi) is 6.74. The lowest BCUT2D eigenvalue weighted by Crippen LogP contribution is -2.53. The van der Waals surface area contributed by atoms with Crippen molar-refractivity contribution in [3.05, 3.63) is 23.8 Å². The first-order valence-corrected chi connectivity index (χ1v) is 10.6. The zero-order valence-electron chi connectivity index (χ0n) is 17.1. The number of ether oxygens (including phenoxy) is 4. The zero-order chi connectivity index (χ0) is 20.1. The summed E-state index contributed by atoms with van der Waals surface area (Å²) in [6, 6.07) is 6.08. The van der Waals surface area contributed by atoms with E-state index in [-0.39, 0.29) is 18.9 Å². The number of carbonyl (C=O) groups excluding carboxylic acids is 1. The first-order chi connectivity index (χ1) is 14.2. The van der Waals surface area contributed by atoms with Crippen LogP contribution in [0.2, 0.25) is 0 Å². The molecule has 4 rings (SSSR count). The van der Waals surface area contributed by atoms with Gasteiger partial charge in [0.15, 0.2) is 11.5 Å². The Hall–Kier alpha value is -2.03. The van der Waals surface area contributed by atoms with Crippen LogP contribution in [0.1, 0.15) is 18.9 Å². The standard InChI is InChI=1S/C21H31N3O5/c1-2-23(13-16-3-4-19-20(11-16)29-15-28-19)21(25)22-12-18(17-5-8-27-14-17)24-6-9-26-10-7-24/h3-4,11,17-18H,2,5-10,12-15H2,1H3,(H,22,25). The van der Waals surface area contributed by atoms with E-state index in [1.807, 2.05) is 30.0 Å². The van der Waals surface area contributed by atoms with Crippen LogP contribution in [-0.2, 0) is 16.0 Å². The Labute approximate surface area is 172 Å². The molecule has 8 nitrogen and oxygen atoms in total. The highest BCUT2D eigenvalue weighted by molar-refractivity contribution is 5.74. The minimum atomic E-state index is -0.0395. The van der Waals surface area contributed by atoms with Gasteiger partial charge in [-0.05, 0) is 31.0 Å². The number of amides is 2. The van der Waals surface area contributed by atoms with Crippen LogP contribution in [0.15, 0.2) is 18.2 Å². The van der Waals surface area contributed by atoms with E-state index in [0.717, 1.165) is 63.0 Å². The molecular formula is C21H31N3O5. The van der Waals surface area contributed by atoms with Crippen LogP contribution in [0, 0.1) is 5.92 Å². The summed E-state index contributed by atoms with van der Waals surface area (Å²) in [5, 5.41) is 3.17. The molecule has 0 spiro atoms. The molecule has 1 aromatic rings. The van der Waals surface area contributed by atoms with Gasteiger partial charge in [0.25, 0.3) is 0 Å². The van der Waals surface area contributed by atoms with Gasteiger partial charge in [0.2, 0.25) is 6.79 Å². The van der Waals surface area contributed by atoms with Crippen LogP contribution >= 0.6 is 0 Å². The van der Waals surface area contributed by atoms with Gasteiger partial charge in [-0.2, -0.15) is 0 Å². The summed E-state index contributed by atoms with van der Waals surface area (Å²) in [4.78, 5) is 17.2. The topological polar surface area (TPSA) is 72.5 Å². The van der Waals surface area contributed by atoms with Gasteiger partial charge >= 0.3 is 6.03 Å². The summed E-state index contributed by atoms with van der Waals surface area (Å²) in [5.74, 6) is 1.96. The minimum Gasteiger partial charge on any atom is -0.454 e. The van der Waals surface area contributed by atoms with Crippen LogP contribution < -0.4 is 14.8 Å². The summed E-state index contributed by atoms with van der Waals surface area (Å²) in [5.41, 5.74) is 1.03. The second kappa shape index (κ2) is 9.65. The molecule has 0 saturated carbocycles. The highest BCUT2D eigenvalue weighted by atomic mass is 16.7. The lowest BCUT2D eigenvalue weighted by atomic mass is 9.97. The normalized spacial score (nSPS) is 22.4. The minimum absolute atomic E-state index is 0.0395. The van der Waals surface area contributed by atoms with Crippen molar-refractivity contribution in [2.45, 2.75) is 25.9 Å².